The summed E-state index contributed by atoms with van der Waals surface area (Å²) >= 11 is 0. The van der Waals surface area contributed by atoms with Crippen LogP contribution in [0.2, 0.25) is 0 Å². The molecule has 1 fully saturated rings. The van der Waals surface area contributed by atoms with Crippen LogP contribution in [0.5, 0.6) is 0 Å². The molecule has 1 heterocycles. The number of hydrogen-bond donors (Lipinski definition) is 0. The lowest BCUT2D eigenvalue weighted by atomic mass is 9.99. The van der Waals surface area contributed by atoms with Crippen LogP contribution >= 0.6 is 8.53 Å². The number of rotatable bonds is 3. The van der Waals surface area contributed by atoms with Crippen LogP contribution in [0.25, 0.3) is 0 Å². The van der Waals surface area contributed by atoms with Gasteiger partial charge in [-0.1, -0.05) is 60.7 Å². The Bertz CT molecular complexity index is 514. The summed E-state index contributed by atoms with van der Waals surface area (Å²) in [4.78, 5) is 0. The molecule has 2 aromatic carbocycles. The summed E-state index contributed by atoms with van der Waals surface area (Å²) in [6.45, 7) is 0. The van der Waals surface area contributed by atoms with Crippen molar-refractivity contribution in [2.75, 3.05) is 14.1 Å². The van der Waals surface area contributed by atoms with Gasteiger partial charge in [0.2, 0.25) is 0 Å². The van der Waals surface area contributed by atoms with Crippen LogP contribution in [-0.2, 0) is 9.05 Å². The van der Waals surface area contributed by atoms with E-state index in [0.29, 0.717) is 0 Å². The van der Waals surface area contributed by atoms with E-state index in [1.807, 2.05) is 30.9 Å². The van der Waals surface area contributed by atoms with Crippen molar-refractivity contribution in [2.45, 2.75) is 18.6 Å². The van der Waals surface area contributed by atoms with Gasteiger partial charge in [-0.3, -0.25) is 0 Å². The normalized spacial score (nSPS) is 26.0. The quantitative estimate of drug-likeness (QED) is 0.767. The van der Waals surface area contributed by atoms with E-state index in [9.17, 15) is 0 Å². The Hall–Kier alpha value is -1.25. The van der Waals surface area contributed by atoms with E-state index in [1.54, 1.807) is 0 Å². The minimum Gasteiger partial charge on any atom is -0.314 e. The van der Waals surface area contributed by atoms with Gasteiger partial charge in [0.1, 0.15) is 0 Å². The predicted molar refractivity (Wildman–Crippen MR) is 85.8 cm³/mol. The fraction of sp³-hybridized carbons (Fsp3) is 0.294. The lowest BCUT2D eigenvalue weighted by molar-refractivity contribution is 0.0381. The molecule has 0 unspecified atom stereocenters. The van der Waals surface area contributed by atoms with Gasteiger partial charge in [0.05, 0.1) is 12.2 Å². The van der Waals surface area contributed by atoms with Gasteiger partial charge in [-0.2, -0.15) is 0 Å². The van der Waals surface area contributed by atoms with Gasteiger partial charge < -0.3 is 9.05 Å². The van der Waals surface area contributed by atoms with Crippen LogP contribution in [0.15, 0.2) is 60.7 Å². The van der Waals surface area contributed by atoms with Gasteiger partial charge in [0.25, 0.3) is 8.53 Å². The molecule has 1 saturated heterocycles. The van der Waals surface area contributed by atoms with Crippen LogP contribution in [-0.4, -0.2) is 18.8 Å². The Morgan fingerprint density at radius 2 is 1.24 bits per heavy atom. The maximum absolute atomic E-state index is 6.15. The molecule has 4 heteroatoms. The lowest BCUT2D eigenvalue weighted by Crippen LogP contribution is -2.21. The van der Waals surface area contributed by atoms with Gasteiger partial charge in [0, 0.05) is 6.42 Å². The Morgan fingerprint density at radius 1 is 0.810 bits per heavy atom. The highest BCUT2D eigenvalue weighted by Crippen LogP contribution is 2.56. The molecule has 0 radical (unpaired) electrons. The molecule has 0 bridgehead atoms. The molecule has 3 nitrogen and oxygen atoms in total. The van der Waals surface area contributed by atoms with Crippen molar-refractivity contribution in [3.8, 4) is 0 Å². The number of benzene rings is 2. The Balaban J connectivity index is 1.85. The molecule has 0 N–H and O–H groups in total. The predicted octanol–water partition coefficient (Wildman–Crippen LogP) is 4.69. The Labute approximate surface area is 127 Å². The van der Waals surface area contributed by atoms with Crippen molar-refractivity contribution >= 4 is 8.53 Å². The summed E-state index contributed by atoms with van der Waals surface area (Å²) in [5.74, 6) is 0. The zero-order valence-electron chi connectivity index (χ0n) is 12.3. The molecule has 21 heavy (non-hydrogen) atoms. The van der Waals surface area contributed by atoms with E-state index in [1.165, 1.54) is 11.1 Å². The minimum atomic E-state index is -1.02. The van der Waals surface area contributed by atoms with Crippen molar-refractivity contribution < 1.29 is 9.05 Å². The van der Waals surface area contributed by atoms with E-state index in [0.717, 1.165) is 6.42 Å². The Morgan fingerprint density at radius 3 is 1.62 bits per heavy atom. The molecule has 110 valence electrons. The second-order valence-corrected chi connectivity index (χ2v) is 7.03. The molecule has 3 rings (SSSR count). The Kier molecular flexibility index (Phi) is 4.67. The molecular formula is C17H20NO2P. The first-order valence-corrected chi connectivity index (χ1v) is 8.28. The molecule has 0 spiro atoms. The van der Waals surface area contributed by atoms with Crippen LogP contribution in [0.1, 0.15) is 29.8 Å². The zero-order valence-corrected chi connectivity index (χ0v) is 13.2. The molecule has 0 saturated carbocycles. The van der Waals surface area contributed by atoms with E-state index in [-0.39, 0.29) is 12.2 Å². The molecule has 1 aliphatic heterocycles. The highest BCUT2D eigenvalue weighted by Gasteiger charge is 2.34. The average molecular weight is 301 g/mol. The highest BCUT2D eigenvalue weighted by atomic mass is 31.2. The third kappa shape index (κ3) is 3.50. The van der Waals surface area contributed by atoms with Crippen molar-refractivity contribution in [2.24, 2.45) is 0 Å². The smallest absolute Gasteiger partial charge is 0.259 e. The third-order valence-corrected chi connectivity index (χ3v) is 5.06. The minimum absolute atomic E-state index is 0.0821. The van der Waals surface area contributed by atoms with Gasteiger partial charge >= 0.3 is 0 Å². The molecular weight excluding hydrogens is 281 g/mol. The maximum atomic E-state index is 6.15. The van der Waals surface area contributed by atoms with E-state index < -0.39 is 8.53 Å². The SMILES string of the molecule is CN(C)P1O[C@H](c2ccccc2)C[C@@H](c2ccccc2)O1. The van der Waals surface area contributed by atoms with Gasteiger partial charge in [-0.25, -0.2) is 4.67 Å². The van der Waals surface area contributed by atoms with Gasteiger partial charge in [-0.05, 0) is 25.2 Å². The van der Waals surface area contributed by atoms with Gasteiger partial charge in [0.15, 0.2) is 0 Å². The number of nitrogens with zero attached hydrogens (tertiary/aromatic N) is 1. The standard InChI is InChI=1S/C17H20NO2P/c1-18(2)21-19-16(14-9-5-3-6-10-14)13-17(20-21)15-11-7-4-8-12-15/h3-12,16-17H,13H2,1-2H3/t16-,17-/m0/s1. The second-order valence-electron chi connectivity index (χ2n) is 5.33. The fourth-order valence-corrected chi connectivity index (χ4v) is 3.72. The number of hydrogen-bond acceptors (Lipinski definition) is 3. The van der Waals surface area contributed by atoms with E-state index in [2.05, 4.69) is 48.5 Å². The average Bonchev–Trinajstić information content (AvgIpc) is 2.56. The summed E-state index contributed by atoms with van der Waals surface area (Å²) in [5, 5.41) is 0. The maximum Gasteiger partial charge on any atom is 0.259 e. The van der Waals surface area contributed by atoms with Crippen molar-refractivity contribution in [3.63, 3.8) is 0 Å². The van der Waals surface area contributed by atoms with Crippen LogP contribution in [0, 0.1) is 0 Å². The van der Waals surface area contributed by atoms with Gasteiger partial charge in [-0.15, -0.1) is 0 Å². The largest absolute Gasteiger partial charge is 0.314 e. The molecule has 0 aliphatic carbocycles. The molecule has 0 amide bonds. The first-order valence-electron chi connectivity index (χ1n) is 7.15. The summed E-state index contributed by atoms with van der Waals surface area (Å²) in [6.07, 6.45) is 1.01. The summed E-state index contributed by atoms with van der Waals surface area (Å²) in [7, 11) is 2.98. The van der Waals surface area contributed by atoms with Crippen LogP contribution in [0.3, 0.4) is 0 Å². The third-order valence-electron chi connectivity index (χ3n) is 3.53. The van der Waals surface area contributed by atoms with Crippen LogP contribution < -0.4 is 0 Å². The fourth-order valence-electron chi connectivity index (χ4n) is 2.44. The second kappa shape index (κ2) is 6.67. The van der Waals surface area contributed by atoms with Crippen LogP contribution in [0.4, 0.5) is 0 Å². The van der Waals surface area contributed by atoms with E-state index in [4.69, 9.17) is 9.05 Å². The van der Waals surface area contributed by atoms with Crippen molar-refractivity contribution in [1.29, 1.82) is 0 Å². The molecule has 1 aliphatic rings. The van der Waals surface area contributed by atoms with Crippen molar-refractivity contribution in [1.82, 2.24) is 4.67 Å². The van der Waals surface area contributed by atoms with E-state index >= 15 is 0 Å². The summed E-state index contributed by atoms with van der Waals surface area (Å²) < 4.78 is 14.3. The summed E-state index contributed by atoms with van der Waals surface area (Å²) in [6, 6.07) is 20.8. The molecule has 2 aromatic rings. The summed E-state index contributed by atoms with van der Waals surface area (Å²) in [5.41, 5.74) is 2.44. The highest BCUT2D eigenvalue weighted by molar-refractivity contribution is 7.44. The monoisotopic (exact) mass is 301 g/mol. The first kappa shape index (κ1) is 14.7. The zero-order chi connectivity index (χ0) is 14.7. The molecule has 0 aromatic heterocycles. The molecule has 2 atom stereocenters. The topological polar surface area (TPSA) is 21.7 Å². The first-order chi connectivity index (χ1) is 10.2. The van der Waals surface area contributed by atoms with Crippen molar-refractivity contribution in [3.05, 3.63) is 71.8 Å². The lowest BCUT2D eigenvalue weighted by Gasteiger charge is -2.37.